The number of terminal acetylenes is 1. The van der Waals surface area contributed by atoms with Crippen molar-refractivity contribution in [2.24, 2.45) is 0 Å². The summed E-state index contributed by atoms with van der Waals surface area (Å²) >= 11 is 0. The number of benzene rings is 1. The molecular weight excluding hydrogens is 214 g/mol. The molecule has 0 spiro atoms. The molecule has 0 unspecified atom stereocenters. The third-order valence-electron chi connectivity index (χ3n) is 2.13. The summed E-state index contributed by atoms with van der Waals surface area (Å²) in [6.45, 7) is 3.18. The summed E-state index contributed by atoms with van der Waals surface area (Å²) < 4.78 is 5.24. The summed E-state index contributed by atoms with van der Waals surface area (Å²) in [5, 5.41) is 2.78. The van der Waals surface area contributed by atoms with Gasteiger partial charge in [-0.05, 0) is 24.6 Å². The van der Waals surface area contributed by atoms with Crippen LogP contribution in [0.5, 0.6) is 0 Å². The van der Waals surface area contributed by atoms with Crippen LogP contribution in [-0.2, 0) is 9.53 Å². The summed E-state index contributed by atoms with van der Waals surface area (Å²) in [7, 11) is 0. The molecule has 90 valence electrons. The zero-order chi connectivity index (χ0) is 12.5. The number of ether oxygens (including phenoxy) is 1. The summed E-state index contributed by atoms with van der Waals surface area (Å²) in [4.78, 5) is 11.5. The maximum absolute atomic E-state index is 11.5. The van der Waals surface area contributed by atoms with E-state index in [1.807, 2.05) is 25.1 Å². The predicted molar refractivity (Wildman–Crippen MR) is 68.7 cm³/mol. The fourth-order valence-electron chi connectivity index (χ4n) is 1.32. The van der Waals surface area contributed by atoms with Crippen molar-refractivity contribution in [3.8, 4) is 12.3 Å². The van der Waals surface area contributed by atoms with Gasteiger partial charge in [-0.1, -0.05) is 18.9 Å². The van der Waals surface area contributed by atoms with Gasteiger partial charge in [-0.2, -0.15) is 0 Å². The van der Waals surface area contributed by atoms with Crippen molar-refractivity contribution >= 4 is 11.6 Å². The Hall–Kier alpha value is -1.79. The monoisotopic (exact) mass is 231 g/mol. The van der Waals surface area contributed by atoms with Gasteiger partial charge < -0.3 is 10.1 Å². The highest BCUT2D eigenvalue weighted by molar-refractivity contribution is 5.90. The van der Waals surface area contributed by atoms with Crippen molar-refractivity contribution in [1.82, 2.24) is 0 Å². The Kier molecular flexibility index (Phi) is 5.84. The number of hydrogen-bond acceptors (Lipinski definition) is 2. The molecule has 17 heavy (non-hydrogen) atoms. The first-order valence-corrected chi connectivity index (χ1v) is 5.70. The summed E-state index contributed by atoms with van der Waals surface area (Å²) in [5.74, 6) is 2.46. The maximum atomic E-state index is 11.5. The number of anilines is 1. The lowest BCUT2D eigenvalue weighted by molar-refractivity contribution is -0.117. The van der Waals surface area contributed by atoms with Crippen LogP contribution in [0.15, 0.2) is 24.3 Å². The first-order chi connectivity index (χ1) is 8.26. The fraction of sp³-hybridized carbons (Fsp3) is 0.357. The molecule has 1 N–H and O–H groups in total. The minimum Gasteiger partial charge on any atom is -0.381 e. The molecule has 0 aliphatic rings. The van der Waals surface area contributed by atoms with Gasteiger partial charge in [0.1, 0.15) is 0 Å². The van der Waals surface area contributed by atoms with Crippen LogP contribution in [0.3, 0.4) is 0 Å². The van der Waals surface area contributed by atoms with E-state index in [1.165, 1.54) is 0 Å². The van der Waals surface area contributed by atoms with Crippen molar-refractivity contribution in [3.63, 3.8) is 0 Å². The highest BCUT2D eigenvalue weighted by Crippen LogP contribution is 2.09. The lowest BCUT2D eigenvalue weighted by Gasteiger charge is -2.06. The lowest BCUT2D eigenvalue weighted by Crippen LogP contribution is -2.14. The first kappa shape index (κ1) is 13.3. The molecule has 0 aromatic heterocycles. The highest BCUT2D eigenvalue weighted by atomic mass is 16.5. The van der Waals surface area contributed by atoms with E-state index in [4.69, 9.17) is 11.2 Å². The molecule has 0 heterocycles. The minimum atomic E-state index is -0.0599. The predicted octanol–water partition coefficient (Wildman–Crippen LogP) is 2.42. The van der Waals surface area contributed by atoms with Gasteiger partial charge in [-0.25, -0.2) is 0 Å². The van der Waals surface area contributed by atoms with Crippen LogP contribution in [0, 0.1) is 12.3 Å². The van der Waals surface area contributed by atoms with Crippen molar-refractivity contribution in [2.45, 2.75) is 19.8 Å². The zero-order valence-electron chi connectivity index (χ0n) is 10.0. The van der Waals surface area contributed by atoms with Crippen LogP contribution in [-0.4, -0.2) is 19.1 Å². The Labute approximate surface area is 102 Å². The number of amides is 1. The van der Waals surface area contributed by atoms with Crippen LogP contribution >= 0.6 is 0 Å². The Balaban J connectivity index is 2.37. The van der Waals surface area contributed by atoms with Gasteiger partial charge in [0.25, 0.3) is 0 Å². The van der Waals surface area contributed by atoms with Gasteiger partial charge in [-0.15, -0.1) is 6.42 Å². The standard InChI is InChI=1S/C14H17NO2/c1-3-9-17-10-8-14(16)15-13-7-5-6-12(4-2)11-13/h2,5-7,11H,3,8-10H2,1H3,(H,15,16). The molecule has 0 aliphatic heterocycles. The van der Waals surface area contributed by atoms with Crippen molar-refractivity contribution in [2.75, 3.05) is 18.5 Å². The Morgan fingerprint density at radius 3 is 3.00 bits per heavy atom. The first-order valence-electron chi connectivity index (χ1n) is 5.70. The minimum absolute atomic E-state index is 0.0599. The van der Waals surface area contributed by atoms with E-state index in [0.717, 1.165) is 17.7 Å². The molecule has 0 atom stereocenters. The van der Waals surface area contributed by atoms with Crippen LogP contribution < -0.4 is 5.32 Å². The molecule has 3 nitrogen and oxygen atoms in total. The maximum Gasteiger partial charge on any atom is 0.226 e. The van der Waals surface area contributed by atoms with Crippen LogP contribution in [0.4, 0.5) is 5.69 Å². The second-order valence-corrected chi connectivity index (χ2v) is 3.64. The van der Waals surface area contributed by atoms with E-state index in [9.17, 15) is 4.79 Å². The third kappa shape index (κ3) is 5.19. The van der Waals surface area contributed by atoms with E-state index >= 15 is 0 Å². The second kappa shape index (κ2) is 7.48. The van der Waals surface area contributed by atoms with Crippen molar-refractivity contribution in [3.05, 3.63) is 29.8 Å². The lowest BCUT2D eigenvalue weighted by atomic mass is 10.2. The molecule has 0 saturated heterocycles. The zero-order valence-corrected chi connectivity index (χ0v) is 10.0. The smallest absolute Gasteiger partial charge is 0.226 e. The largest absolute Gasteiger partial charge is 0.381 e. The molecule has 0 radical (unpaired) electrons. The molecule has 0 saturated carbocycles. The second-order valence-electron chi connectivity index (χ2n) is 3.64. The molecule has 1 amide bonds. The molecule has 3 heteroatoms. The average molecular weight is 231 g/mol. The number of rotatable bonds is 6. The van der Waals surface area contributed by atoms with E-state index in [0.29, 0.717) is 19.6 Å². The van der Waals surface area contributed by atoms with Gasteiger partial charge in [0, 0.05) is 17.9 Å². The number of nitrogens with one attached hydrogen (secondary N) is 1. The van der Waals surface area contributed by atoms with Gasteiger partial charge in [0.15, 0.2) is 0 Å². The van der Waals surface area contributed by atoms with Crippen molar-refractivity contribution < 1.29 is 9.53 Å². The Morgan fingerprint density at radius 2 is 2.29 bits per heavy atom. The van der Waals surface area contributed by atoms with Crippen LogP contribution in [0.2, 0.25) is 0 Å². The molecular formula is C14H17NO2. The summed E-state index contributed by atoms with van der Waals surface area (Å²) in [6, 6.07) is 7.22. The number of hydrogen-bond donors (Lipinski definition) is 1. The molecule has 0 bridgehead atoms. The fourth-order valence-corrected chi connectivity index (χ4v) is 1.32. The van der Waals surface area contributed by atoms with Crippen LogP contribution in [0.25, 0.3) is 0 Å². The van der Waals surface area contributed by atoms with Crippen LogP contribution in [0.1, 0.15) is 25.3 Å². The summed E-state index contributed by atoms with van der Waals surface area (Å²) in [6.07, 6.45) is 6.61. The van der Waals surface area contributed by atoms with E-state index in [1.54, 1.807) is 6.07 Å². The van der Waals surface area contributed by atoms with Gasteiger partial charge >= 0.3 is 0 Å². The topological polar surface area (TPSA) is 38.3 Å². The highest BCUT2D eigenvalue weighted by Gasteiger charge is 2.02. The molecule has 1 rings (SSSR count). The van der Waals surface area contributed by atoms with E-state index in [2.05, 4.69) is 11.2 Å². The van der Waals surface area contributed by atoms with E-state index in [-0.39, 0.29) is 5.91 Å². The quantitative estimate of drug-likeness (QED) is 0.603. The van der Waals surface area contributed by atoms with Crippen molar-refractivity contribution in [1.29, 1.82) is 0 Å². The number of carbonyl (C=O) groups excluding carboxylic acids is 1. The normalized spacial score (nSPS) is 9.65. The van der Waals surface area contributed by atoms with Gasteiger partial charge in [0.2, 0.25) is 5.91 Å². The van der Waals surface area contributed by atoms with E-state index < -0.39 is 0 Å². The molecule has 1 aromatic carbocycles. The molecule has 1 aromatic rings. The van der Waals surface area contributed by atoms with Gasteiger partial charge in [0.05, 0.1) is 13.0 Å². The molecule has 0 fully saturated rings. The van der Waals surface area contributed by atoms with Gasteiger partial charge in [-0.3, -0.25) is 4.79 Å². The Morgan fingerprint density at radius 1 is 1.47 bits per heavy atom. The summed E-state index contributed by atoms with van der Waals surface area (Å²) in [5.41, 5.74) is 1.48. The average Bonchev–Trinajstić information content (AvgIpc) is 2.35. The number of carbonyl (C=O) groups is 1. The Bertz CT molecular complexity index is 407. The molecule has 0 aliphatic carbocycles. The third-order valence-corrected chi connectivity index (χ3v) is 2.13. The SMILES string of the molecule is C#Cc1cccc(NC(=O)CCOCCC)c1.